The molecule has 5 nitrogen and oxygen atoms in total. The Kier molecular flexibility index (Phi) is 3.79. The van der Waals surface area contributed by atoms with Crippen molar-refractivity contribution >= 4 is 22.9 Å². The van der Waals surface area contributed by atoms with E-state index in [2.05, 4.69) is 15.4 Å². The average Bonchev–Trinajstić information content (AvgIpc) is 3.12. The largest absolute Gasteiger partial charge is 0.321 e. The van der Waals surface area contributed by atoms with Crippen molar-refractivity contribution in [2.45, 2.75) is 13.5 Å². The van der Waals surface area contributed by atoms with Gasteiger partial charge in [-0.2, -0.15) is 5.10 Å². The van der Waals surface area contributed by atoms with E-state index in [1.165, 1.54) is 17.7 Å². The molecule has 106 valence electrons. The van der Waals surface area contributed by atoms with Crippen molar-refractivity contribution in [1.82, 2.24) is 14.8 Å². The number of hydrogen-bond donors (Lipinski definition) is 1. The van der Waals surface area contributed by atoms with Crippen LogP contribution in [0.25, 0.3) is 0 Å². The number of aromatic nitrogens is 3. The fourth-order valence-corrected chi connectivity index (χ4v) is 2.71. The van der Waals surface area contributed by atoms with Crippen LogP contribution >= 0.6 is 11.3 Å². The standard InChI is InChI=1S/C15H14N4OS/c1-11-2-7-14(21-11)15(20)18-13-5-3-12(4-6-13)8-19-10-16-9-17-19/h2-7,9-10H,8H2,1H3,(H,18,20). The molecule has 0 fully saturated rings. The SMILES string of the molecule is Cc1ccc(C(=O)Nc2ccc(Cn3cncn3)cc2)s1. The molecule has 0 radical (unpaired) electrons. The van der Waals surface area contributed by atoms with Crippen LogP contribution in [0.15, 0.2) is 49.1 Å². The van der Waals surface area contributed by atoms with Crippen LogP contribution in [0.2, 0.25) is 0 Å². The molecule has 0 aliphatic carbocycles. The highest BCUT2D eigenvalue weighted by molar-refractivity contribution is 7.14. The summed E-state index contributed by atoms with van der Waals surface area (Å²) < 4.78 is 1.75. The second-order valence-corrected chi connectivity index (χ2v) is 5.94. The highest BCUT2D eigenvalue weighted by atomic mass is 32.1. The number of carbonyl (C=O) groups is 1. The van der Waals surface area contributed by atoms with Gasteiger partial charge in [0.2, 0.25) is 0 Å². The summed E-state index contributed by atoms with van der Waals surface area (Å²) in [5.41, 5.74) is 1.89. The molecule has 0 aliphatic rings. The van der Waals surface area contributed by atoms with Gasteiger partial charge in [0.05, 0.1) is 11.4 Å². The van der Waals surface area contributed by atoms with Gasteiger partial charge in [0.15, 0.2) is 0 Å². The van der Waals surface area contributed by atoms with E-state index < -0.39 is 0 Å². The minimum absolute atomic E-state index is 0.0721. The molecule has 0 saturated heterocycles. The van der Waals surface area contributed by atoms with Crippen molar-refractivity contribution < 1.29 is 4.79 Å². The maximum atomic E-state index is 12.0. The van der Waals surface area contributed by atoms with Crippen LogP contribution < -0.4 is 5.32 Å². The van der Waals surface area contributed by atoms with Gasteiger partial charge >= 0.3 is 0 Å². The molecular weight excluding hydrogens is 284 g/mol. The van der Waals surface area contributed by atoms with Gasteiger partial charge in [-0.1, -0.05) is 12.1 Å². The molecule has 0 saturated carbocycles. The molecule has 0 atom stereocenters. The van der Waals surface area contributed by atoms with E-state index in [1.54, 1.807) is 11.0 Å². The van der Waals surface area contributed by atoms with E-state index in [0.29, 0.717) is 6.54 Å². The van der Waals surface area contributed by atoms with Crippen LogP contribution in [0.5, 0.6) is 0 Å². The van der Waals surface area contributed by atoms with Crippen molar-refractivity contribution in [2.24, 2.45) is 0 Å². The molecule has 3 rings (SSSR count). The first-order chi connectivity index (χ1) is 10.2. The van der Waals surface area contributed by atoms with Crippen LogP contribution in [-0.4, -0.2) is 20.7 Å². The Bertz CT molecular complexity index is 731. The molecule has 0 unspecified atom stereocenters. The average molecular weight is 298 g/mol. The Labute approximate surface area is 126 Å². The monoisotopic (exact) mass is 298 g/mol. The van der Waals surface area contributed by atoms with Gasteiger partial charge in [-0.3, -0.25) is 4.79 Å². The Hall–Kier alpha value is -2.47. The molecule has 1 N–H and O–H groups in total. The molecule has 2 heterocycles. The maximum Gasteiger partial charge on any atom is 0.265 e. The highest BCUT2D eigenvalue weighted by Crippen LogP contribution is 2.17. The zero-order valence-corrected chi connectivity index (χ0v) is 12.3. The molecule has 6 heteroatoms. The van der Waals surface area contributed by atoms with Gasteiger partial charge < -0.3 is 5.32 Å². The van der Waals surface area contributed by atoms with Gasteiger partial charge in [-0.05, 0) is 36.8 Å². The molecule has 1 amide bonds. The van der Waals surface area contributed by atoms with Gasteiger partial charge in [0.1, 0.15) is 12.7 Å². The van der Waals surface area contributed by atoms with Crippen molar-refractivity contribution in [2.75, 3.05) is 5.32 Å². The summed E-state index contributed by atoms with van der Waals surface area (Å²) in [4.78, 5) is 17.8. The Balaban J connectivity index is 1.65. The van der Waals surface area contributed by atoms with Crippen molar-refractivity contribution in [3.8, 4) is 0 Å². The van der Waals surface area contributed by atoms with E-state index in [1.807, 2.05) is 43.3 Å². The smallest absolute Gasteiger partial charge is 0.265 e. The third-order valence-electron chi connectivity index (χ3n) is 2.99. The van der Waals surface area contributed by atoms with Crippen LogP contribution in [0.4, 0.5) is 5.69 Å². The molecule has 0 spiro atoms. The summed E-state index contributed by atoms with van der Waals surface area (Å²) in [7, 11) is 0. The number of thiophene rings is 1. The Morgan fingerprint density at radius 2 is 2.05 bits per heavy atom. The van der Waals surface area contributed by atoms with Gasteiger partial charge in [-0.15, -0.1) is 11.3 Å². The summed E-state index contributed by atoms with van der Waals surface area (Å²) in [5.74, 6) is -0.0721. The number of hydrogen-bond acceptors (Lipinski definition) is 4. The lowest BCUT2D eigenvalue weighted by Gasteiger charge is -2.05. The molecule has 1 aromatic carbocycles. The summed E-state index contributed by atoms with van der Waals surface area (Å²) in [6, 6.07) is 11.5. The number of nitrogens with zero attached hydrogens (tertiary/aromatic N) is 3. The van der Waals surface area contributed by atoms with Crippen LogP contribution in [0.3, 0.4) is 0 Å². The first-order valence-electron chi connectivity index (χ1n) is 6.50. The maximum absolute atomic E-state index is 12.0. The number of carbonyl (C=O) groups excluding carboxylic acids is 1. The number of nitrogens with one attached hydrogen (secondary N) is 1. The fourth-order valence-electron chi connectivity index (χ4n) is 1.94. The summed E-state index contributed by atoms with van der Waals surface area (Å²) >= 11 is 1.49. The fraction of sp³-hybridized carbons (Fsp3) is 0.133. The second-order valence-electron chi connectivity index (χ2n) is 4.65. The molecule has 0 aliphatic heterocycles. The van der Waals surface area contributed by atoms with E-state index in [9.17, 15) is 4.79 Å². The number of anilines is 1. The molecule has 21 heavy (non-hydrogen) atoms. The predicted molar refractivity (Wildman–Crippen MR) is 82.6 cm³/mol. The highest BCUT2D eigenvalue weighted by Gasteiger charge is 2.08. The molecule has 2 aromatic heterocycles. The second kappa shape index (κ2) is 5.88. The van der Waals surface area contributed by atoms with E-state index >= 15 is 0 Å². The predicted octanol–water partition coefficient (Wildman–Crippen LogP) is 2.95. The molecule has 3 aromatic rings. The topological polar surface area (TPSA) is 59.8 Å². The normalized spacial score (nSPS) is 10.5. The van der Waals surface area contributed by atoms with Gasteiger partial charge in [0, 0.05) is 10.6 Å². The number of rotatable bonds is 4. The minimum atomic E-state index is -0.0721. The molecule has 0 bridgehead atoms. The molecular formula is C15H14N4OS. The number of benzene rings is 1. The van der Waals surface area contributed by atoms with E-state index in [-0.39, 0.29) is 5.91 Å². The van der Waals surface area contributed by atoms with Crippen molar-refractivity contribution in [1.29, 1.82) is 0 Å². The van der Waals surface area contributed by atoms with Crippen LogP contribution in [0, 0.1) is 6.92 Å². The third-order valence-corrected chi connectivity index (χ3v) is 3.99. The third kappa shape index (κ3) is 3.35. The summed E-state index contributed by atoms with van der Waals surface area (Å²) in [5, 5.41) is 6.96. The van der Waals surface area contributed by atoms with Gasteiger partial charge in [0.25, 0.3) is 5.91 Å². The van der Waals surface area contributed by atoms with E-state index in [0.717, 1.165) is 21.0 Å². The zero-order chi connectivity index (χ0) is 14.7. The Morgan fingerprint density at radius 1 is 1.24 bits per heavy atom. The summed E-state index contributed by atoms with van der Waals surface area (Å²) in [6.07, 6.45) is 3.19. The van der Waals surface area contributed by atoms with Crippen molar-refractivity contribution in [3.05, 3.63) is 64.4 Å². The van der Waals surface area contributed by atoms with Crippen LogP contribution in [0.1, 0.15) is 20.1 Å². The Morgan fingerprint density at radius 3 is 2.67 bits per heavy atom. The quantitative estimate of drug-likeness (QED) is 0.805. The minimum Gasteiger partial charge on any atom is -0.321 e. The van der Waals surface area contributed by atoms with Crippen molar-refractivity contribution in [3.63, 3.8) is 0 Å². The lowest BCUT2D eigenvalue weighted by Crippen LogP contribution is -2.10. The van der Waals surface area contributed by atoms with Gasteiger partial charge in [-0.25, -0.2) is 9.67 Å². The zero-order valence-electron chi connectivity index (χ0n) is 11.5. The lowest BCUT2D eigenvalue weighted by atomic mass is 10.2. The summed E-state index contributed by atoms with van der Waals surface area (Å²) in [6.45, 7) is 2.65. The lowest BCUT2D eigenvalue weighted by molar-refractivity contribution is 0.103. The van der Waals surface area contributed by atoms with E-state index in [4.69, 9.17) is 0 Å². The van der Waals surface area contributed by atoms with Crippen LogP contribution in [-0.2, 0) is 6.54 Å². The first-order valence-corrected chi connectivity index (χ1v) is 7.31. The number of amides is 1. The first kappa shape index (κ1) is 13.5. The number of aryl methyl sites for hydroxylation is 1.